The summed E-state index contributed by atoms with van der Waals surface area (Å²) in [6.45, 7) is 4.59. The first-order chi connectivity index (χ1) is 9.69. The fraction of sp³-hybridized carbons (Fsp3) is 0.562. The van der Waals surface area contributed by atoms with E-state index in [1.54, 1.807) is 0 Å². The molecule has 110 valence electrons. The number of likely N-dealkylation sites (tertiary alicyclic amines) is 1. The molecule has 1 aliphatic heterocycles. The Hall–Kier alpha value is -1.39. The van der Waals surface area contributed by atoms with Gasteiger partial charge in [-0.3, -0.25) is 9.69 Å². The van der Waals surface area contributed by atoms with Gasteiger partial charge in [0.05, 0.1) is 19.2 Å². The van der Waals surface area contributed by atoms with E-state index in [0.29, 0.717) is 6.54 Å². The number of benzene rings is 1. The quantitative estimate of drug-likeness (QED) is 0.858. The van der Waals surface area contributed by atoms with Crippen LogP contribution >= 0.6 is 0 Å². The molecular formula is C16H24N2O2. The fourth-order valence-corrected chi connectivity index (χ4v) is 2.58. The van der Waals surface area contributed by atoms with Crippen molar-refractivity contribution in [1.82, 2.24) is 10.2 Å². The summed E-state index contributed by atoms with van der Waals surface area (Å²) >= 11 is 0. The van der Waals surface area contributed by atoms with Crippen molar-refractivity contribution < 1.29 is 9.90 Å². The average molecular weight is 276 g/mol. The van der Waals surface area contributed by atoms with Crippen LogP contribution in [0, 0.1) is 5.92 Å². The lowest BCUT2D eigenvalue weighted by molar-refractivity contribution is -0.123. The highest BCUT2D eigenvalue weighted by Crippen LogP contribution is 2.16. The lowest BCUT2D eigenvalue weighted by Gasteiger charge is -2.30. The highest BCUT2D eigenvalue weighted by atomic mass is 16.3. The van der Waals surface area contributed by atoms with Gasteiger partial charge in [-0.15, -0.1) is 0 Å². The maximum Gasteiger partial charge on any atom is 0.234 e. The zero-order valence-electron chi connectivity index (χ0n) is 12.1. The van der Waals surface area contributed by atoms with Gasteiger partial charge >= 0.3 is 0 Å². The van der Waals surface area contributed by atoms with Crippen LogP contribution in [-0.4, -0.2) is 42.2 Å². The van der Waals surface area contributed by atoms with Gasteiger partial charge in [0.1, 0.15) is 0 Å². The molecule has 1 fully saturated rings. The molecule has 2 rings (SSSR count). The Morgan fingerprint density at radius 3 is 2.60 bits per heavy atom. The molecule has 0 saturated carbocycles. The third kappa shape index (κ3) is 4.32. The Morgan fingerprint density at radius 1 is 1.35 bits per heavy atom. The minimum absolute atomic E-state index is 0.0116. The van der Waals surface area contributed by atoms with Gasteiger partial charge in [-0.2, -0.15) is 0 Å². The monoisotopic (exact) mass is 276 g/mol. The van der Waals surface area contributed by atoms with E-state index >= 15 is 0 Å². The van der Waals surface area contributed by atoms with Crippen molar-refractivity contribution in [2.24, 2.45) is 5.92 Å². The van der Waals surface area contributed by atoms with Crippen LogP contribution in [0.2, 0.25) is 0 Å². The van der Waals surface area contributed by atoms with E-state index < -0.39 is 0 Å². The molecule has 1 amide bonds. The van der Waals surface area contributed by atoms with Crippen LogP contribution in [0.4, 0.5) is 0 Å². The van der Waals surface area contributed by atoms with Crippen molar-refractivity contribution in [3.8, 4) is 0 Å². The highest BCUT2D eigenvalue weighted by molar-refractivity contribution is 5.78. The van der Waals surface area contributed by atoms with E-state index in [1.165, 1.54) is 0 Å². The number of piperidine rings is 1. The van der Waals surface area contributed by atoms with Gasteiger partial charge in [-0.1, -0.05) is 37.3 Å². The summed E-state index contributed by atoms with van der Waals surface area (Å²) < 4.78 is 0. The van der Waals surface area contributed by atoms with Crippen molar-refractivity contribution in [2.75, 3.05) is 26.2 Å². The first-order valence-electron chi connectivity index (χ1n) is 7.36. The topological polar surface area (TPSA) is 52.6 Å². The second kappa shape index (κ2) is 7.41. The Bertz CT molecular complexity index is 414. The van der Waals surface area contributed by atoms with E-state index in [9.17, 15) is 9.90 Å². The molecule has 1 aromatic carbocycles. The van der Waals surface area contributed by atoms with Crippen molar-refractivity contribution in [3.63, 3.8) is 0 Å². The predicted molar refractivity (Wildman–Crippen MR) is 79.2 cm³/mol. The number of nitrogens with zero attached hydrogens (tertiary/aromatic N) is 1. The summed E-state index contributed by atoms with van der Waals surface area (Å²) in [5.41, 5.74) is 0.940. The van der Waals surface area contributed by atoms with Crippen molar-refractivity contribution in [3.05, 3.63) is 35.9 Å². The summed E-state index contributed by atoms with van der Waals surface area (Å²) in [7, 11) is 0. The van der Waals surface area contributed by atoms with Gasteiger partial charge in [-0.05, 0) is 37.4 Å². The van der Waals surface area contributed by atoms with Crippen molar-refractivity contribution >= 4 is 5.91 Å². The zero-order valence-corrected chi connectivity index (χ0v) is 12.1. The molecule has 0 aliphatic carbocycles. The van der Waals surface area contributed by atoms with Crippen LogP contribution < -0.4 is 5.32 Å². The Morgan fingerprint density at radius 2 is 2.00 bits per heavy atom. The molecule has 4 nitrogen and oxygen atoms in total. The van der Waals surface area contributed by atoms with Crippen LogP contribution in [0.5, 0.6) is 0 Å². The Balaban J connectivity index is 1.84. The zero-order chi connectivity index (χ0) is 14.4. The smallest absolute Gasteiger partial charge is 0.234 e. The lowest BCUT2D eigenvalue weighted by atomic mass is 9.99. The summed E-state index contributed by atoms with van der Waals surface area (Å²) in [6.07, 6.45) is 2.32. The predicted octanol–water partition coefficient (Wildman–Crippen LogP) is 1.57. The number of carbonyl (C=O) groups is 1. The Kier molecular flexibility index (Phi) is 5.56. The molecule has 0 bridgehead atoms. The van der Waals surface area contributed by atoms with E-state index in [4.69, 9.17) is 0 Å². The summed E-state index contributed by atoms with van der Waals surface area (Å²) in [5.74, 6) is 0.756. The van der Waals surface area contributed by atoms with Crippen LogP contribution in [0.15, 0.2) is 30.3 Å². The molecule has 20 heavy (non-hydrogen) atoms. The maximum absolute atomic E-state index is 12.1. The van der Waals surface area contributed by atoms with E-state index in [1.807, 2.05) is 30.3 Å². The number of hydrogen-bond donors (Lipinski definition) is 2. The normalized spacial score (nSPS) is 18.7. The molecule has 2 N–H and O–H groups in total. The van der Waals surface area contributed by atoms with E-state index in [-0.39, 0.29) is 18.6 Å². The number of amides is 1. The lowest BCUT2D eigenvalue weighted by Crippen LogP contribution is -2.42. The van der Waals surface area contributed by atoms with Crippen molar-refractivity contribution in [2.45, 2.75) is 25.8 Å². The largest absolute Gasteiger partial charge is 0.394 e. The minimum atomic E-state index is -0.313. The standard InChI is InChI=1S/C16H24N2O2/c1-13-7-9-18(10-8-13)11-16(20)17-15(12-19)14-5-3-2-4-6-14/h2-6,13,15,19H,7-12H2,1H3,(H,17,20)/t15-/m0/s1. The molecule has 1 heterocycles. The van der Waals surface area contributed by atoms with Crippen LogP contribution in [0.1, 0.15) is 31.4 Å². The molecule has 1 atom stereocenters. The fourth-order valence-electron chi connectivity index (χ4n) is 2.58. The van der Waals surface area contributed by atoms with Gasteiger partial charge in [-0.25, -0.2) is 0 Å². The number of aliphatic hydroxyl groups is 1. The molecule has 0 unspecified atom stereocenters. The van der Waals surface area contributed by atoms with Gasteiger partial charge < -0.3 is 10.4 Å². The molecule has 1 saturated heterocycles. The van der Waals surface area contributed by atoms with Gasteiger partial charge in [0.25, 0.3) is 0 Å². The second-order valence-corrected chi connectivity index (χ2v) is 5.67. The number of hydrogen-bond acceptors (Lipinski definition) is 3. The SMILES string of the molecule is CC1CCN(CC(=O)N[C@@H](CO)c2ccccc2)CC1. The molecular weight excluding hydrogens is 252 g/mol. The minimum Gasteiger partial charge on any atom is -0.394 e. The van der Waals surface area contributed by atoms with Crippen LogP contribution in [0.3, 0.4) is 0 Å². The third-order valence-corrected chi connectivity index (χ3v) is 3.96. The van der Waals surface area contributed by atoms with Gasteiger partial charge in [0.15, 0.2) is 0 Å². The first-order valence-corrected chi connectivity index (χ1v) is 7.36. The summed E-state index contributed by atoms with van der Waals surface area (Å²) in [6, 6.07) is 9.28. The molecule has 1 aromatic rings. The van der Waals surface area contributed by atoms with Gasteiger partial charge in [0.2, 0.25) is 5.91 Å². The summed E-state index contributed by atoms with van der Waals surface area (Å²) in [4.78, 5) is 14.3. The first kappa shape index (κ1) is 15.0. The molecule has 1 aliphatic rings. The summed E-state index contributed by atoms with van der Waals surface area (Å²) in [5, 5.41) is 12.4. The molecule has 4 heteroatoms. The number of rotatable bonds is 5. The number of nitrogens with one attached hydrogen (secondary N) is 1. The molecule has 0 spiro atoms. The van der Waals surface area contributed by atoms with Crippen molar-refractivity contribution in [1.29, 1.82) is 0 Å². The highest BCUT2D eigenvalue weighted by Gasteiger charge is 2.19. The maximum atomic E-state index is 12.1. The number of aliphatic hydroxyl groups excluding tert-OH is 1. The molecule has 0 radical (unpaired) electrons. The van der Waals surface area contributed by atoms with Crippen LogP contribution in [-0.2, 0) is 4.79 Å². The van der Waals surface area contributed by atoms with Crippen LogP contribution in [0.25, 0.3) is 0 Å². The van der Waals surface area contributed by atoms with E-state index in [2.05, 4.69) is 17.1 Å². The van der Waals surface area contributed by atoms with Gasteiger partial charge in [0, 0.05) is 0 Å². The third-order valence-electron chi connectivity index (χ3n) is 3.96. The van der Waals surface area contributed by atoms with E-state index in [0.717, 1.165) is 37.4 Å². The second-order valence-electron chi connectivity index (χ2n) is 5.67. The average Bonchev–Trinajstić information content (AvgIpc) is 2.48. The molecule has 0 aromatic heterocycles. The Labute approximate surface area is 120 Å². The number of carbonyl (C=O) groups excluding carboxylic acids is 1.